The van der Waals surface area contributed by atoms with Crippen LogP contribution in [0.15, 0.2) is 0 Å². The number of hydrogen-bond donors (Lipinski definition) is 1. The van der Waals surface area contributed by atoms with Crippen LogP contribution < -0.4 is 0 Å². The Hall–Kier alpha value is -0.610. The van der Waals surface area contributed by atoms with Gasteiger partial charge in [-0.2, -0.15) is 0 Å². The molecule has 3 rings (SSSR count). The van der Waals surface area contributed by atoms with Gasteiger partial charge in [0.05, 0.1) is 25.4 Å². The molecule has 4 heteroatoms. The van der Waals surface area contributed by atoms with Crippen LogP contribution in [0.1, 0.15) is 51.9 Å². The molecule has 1 N–H and O–H groups in total. The van der Waals surface area contributed by atoms with E-state index in [1.165, 1.54) is 32.1 Å². The van der Waals surface area contributed by atoms with Gasteiger partial charge in [0, 0.05) is 12.5 Å². The molecule has 0 aromatic rings. The Morgan fingerprint density at radius 2 is 1.95 bits per heavy atom. The lowest BCUT2D eigenvalue weighted by Gasteiger charge is -2.43. The predicted octanol–water partition coefficient (Wildman–Crippen LogP) is 2.20. The SMILES string of the molecule is CC1COC(CO)CN1C(=O)C1CCC2CCCCC2C1. The van der Waals surface area contributed by atoms with Crippen LogP contribution in [0, 0.1) is 17.8 Å². The lowest BCUT2D eigenvalue weighted by molar-refractivity contribution is -0.152. The van der Waals surface area contributed by atoms with Gasteiger partial charge in [0.2, 0.25) is 5.91 Å². The Bertz CT molecular complexity index is 373. The highest BCUT2D eigenvalue weighted by molar-refractivity contribution is 5.79. The largest absolute Gasteiger partial charge is 0.394 e. The molecule has 1 saturated heterocycles. The first-order chi connectivity index (χ1) is 10.2. The zero-order chi connectivity index (χ0) is 14.8. The number of aliphatic hydroxyl groups excluding tert-OH is 1. The van der Waals surface area contributed by atoms with Crippen LogP contribution in [0.2, 0.25) is 0 Å². The molecule has 3 fully saturated rings. The van der Waals surface area contributed by atoms with E-state index < -0.39 is 0 Å². The molecule has 0 aromatic heterocycles. The lowest BCUT2D eigenvalue weighted by atomic mass is 9.67. The van der Waals surface area contributed by atoms with E-state index in [2.05, 4.69) is 6.92 Å². The number of fused-ring (bicyclic) bond motifs is 1. The van der Waals surface area contributed by atoms with Crippen molar-refractivity contribution in [1.82, 2.24) is 4.90 Å². The number of rotatable bonds is 2. The molecule has 0 spiro atoms. The van der Waals surface area contributed by atoms with E-state index in [9.17, 15) is 9.90 Å². The fourth-order valence-electron chi connectivity index (χ4n) is 4.57. The van der Waals surface area contributed by atoms with Crippen molar-refractivity contribution in [3.63, 3.8) is 0 Å². The first kappa shape index (κ1) is 15.3. The second-order valence-corrected chi connectivity index (χ2v) is 7.29. The van der Waals surface area contributed by atoms with Crippen LogP contribution in [0.3, 0.4) is 0 Å². The van der Waals surface area contributed by atoms with Gasteiger partial charge in [-0.25, -0.2) is 0 Å². The maximum Gasteiger partial charge on any atom is 0.226 e. The fourth-order valence-corrected chi connectivity index (χ4v) is 4.57. The molecule has 0 bridgehead atoms. The summed E-state index contributed by atoms with van der Waals surface area (Å²) in [4.78, 5) is 14.9. The van der Waals surface area contributed by atoms with Crippen molar-refractivity contribution in [1.29, 1.82) is 0 Å². The summed E-state index contributed by atoms with van der Waals surface area (Å²) in [5.41, 5.74) is 0. The van der Waals surface area contributed by atoms with Gasteiger partial charge in [0.15, 0.2) is 0 Å². The number of carbonyl (C=O) groups excluding carboxylic acids is 1. The topological polar surface area (TPSA) is 49.8 Å². The van der Waals surface area contributed by atoms with E-state index in [0.29, 0.717) is 19.1 Å². The molecule has 3 aliphatic rings. The quantitative estimate of drug-likeness (QED) is 0.849. The van der Waals surface area contributed by atoms with Crippen molar-refractivity contribution < 1.29 is 14.6 Å². The number of morpholine rings is 1. The Labute approximate surface area is 127 Å². The fraction of sp³-hybridized carbons (Fsp3) is 0.941. The summed E-state index contributed by atoms with van der Waals surface area (Å²) in [5.74, 6) is 2.19. The third-order valence-electron chi connectivity index (χ3n) is 5.88. The third kappa shape index (κ3) is 3.26. The summed E-state index contributed by atoms with van der Waals surface area (Å²) in [6, 6.07) is 0.143. The molecule has 1 heterocycles. The average molecular weight is 295 g/mol. The van der Waals surface area contributed by atoms with Gasteiger partial charge in [0.25, 0.3) is 0 Å². The Balaban J connectivity index is 1.61. The van der Waals surface area contributed by atoms with Gasteiger partial charge >= 0.3 is 0 Å². The Morgan fingerprint density at radius 3 is 2.71 bits per heavy atom. The molecule has 5 atom stereocenters. The van der Waals surface area contributed by atoms with E-state index in [1.54, 1.807) is 0 Å². The zero-order valence-electron chi connectivity index (χ0n) is 13.2. The van der Waals surface area contributed by atoms with Gasteiger partial charge in [-0.15, -0.1) is 0 Å². The number of nitrogens with zero attached hydrogens (tertiary/aromatic N) is 1. The molecule has 5 unspecified atom stereocenters. The van der Waals surface area contributed by atoms with Crippen LogP contribution in [0.5, 0.6) is 0 Å². The second kappa shape index (κ2) is 6.66. The minimum atomic E-state index is -0.198. The number of carbonyl (C=O) groups is 1. The monoisotopic (exact) mass is 295 g/mol. The van der Waals surface area contributed by atoms with Gasteiger partial charge in [-0.3, -0.25) is 4.79 Å². The lowest BCUT2D eigenvalue weighted by Crippen LogP contribution is -2.54. The van der Waals surface area contributed by atoms with E-state index in [-0.39, 0.29) is 24.7 Å². The normalized spacial score (nSPS) is 40.7. The van der Waals surface area contributed by atoms with Crippen molar-refractivity contribution in [2.75, 3.05) is 19.8 Å². The first-order valence-electron chi connectivity index (χ1n) is 8.72. The molecule has 0 radical (unpaired) electrons. The highest BCUT2D eigenvalue weighted by atomic mass is 16.5. The summed E-state index contributed by atoms with van der Waals surface area (Å²) in [6.45, 7) is 3.17. The minimum absolute atomic E-state index is 0.00582. The maximum atomic E-state index is 12.9. The molecular formula is C17H29NO3. The van der Waals surface area contributed by atoms with Crippen molar-refractivity contribution in [3.8, 4) is 0 Å². The zero-order valence-corrected chi connectivity index (χ0v) is 13.2. The van der Waals surface area contributed by atoms with Crippen LogP contribution in [-0.2, 0) is 9.53 Å². The van der Waals surface area contributed by atoms with Gasteiger partial charge in [-0.1, -0.05) is 25.7 Å². The van der Waals surface area contributed by atoms with Crippen molar-refractivity contribution in [2.24, 2.45) is 17.8 Å². The molecule has 2 aliphatic carbocycles. The predicted molar refractivity (Wildman–Crippen MR) is 80.8 cm³/mol. The summed E-state index contributed by atoms with van der Waals surface area (Å²) in [7, 11) is 0. The average Bonchev–Trinajstić information content (AvgIpc) is 2.54. The third-order valence-corrected chi connectivity index (χ3v) is 5.88. The van der Waals surface area contributed by atoms with Crippen LogP contribution >= 0.6 is 0 Å². The van der Waals surface area contributed by atoms with E-state index in [1.807, 2.05) is 4.90 Å². The summed E-state index contributed by atoms with van der Waals surface area (Å²) >= 11 is 0. The van der Waals surface area contributed by atoms with Crippen LogP contribution in [0.4, 0.5) is 0 Å². The molecule has 4 nitrogen and oxygen atoms in total. The van der Waals surface area contributed by atoms with Crippen LogP contribution in [0.25, 0.3) is 0 Å². The summed E-state index contributed by atoms with van der Waals surface area (Å²) in [6.07, 6.45) is 8.64. The van der Waals surface area contributed by atoms with E-state index >= 15 is 0 Å². The van der Waals surface area contributed by atoms with Gasteiger partial charge in [-0.05, 0) is 38.0 Å². The standard InChI is InChI=1S/C17H29NO3/c1-12-11-21-16(10-19)9-18(12)17(20)15-7-6-13-4-2-3-5-14(13)8-15/h12-16,19H,2-11H2,1H3. The Kier molecular flexibility index (Phi) is 4.85. The Morgan fingerprint density at radius 1 is 1.19 bits per heavy atom. The molecule has 120 valence electrons. The summed E-state index contributed by atoms with van der Waals surface area (Å²) in [5, 5.41) is 9.28. The highest BCUT2D eigenvalue weighted by Crippen LogP contribution is 2.43. The van der Waals surface area contributed by atoms with Gasteiger partial charge in [0.1, 0.15) is 0 Å². The molecule has 1 amide bonds. The minimum Gasteiger partial charge on any atom is -0.394 e. The molecular weight excluding hydrogens is 266 g/mol. The number of hydrogen-bond acceptors (Lipinski definition) is 3. The number of ether oxygens (including phenoxy) is 1. The maximum absolute atomic E-state index is 12.9. The van der Waals surface area contributed by atoms with Gasteiger partial charge < -0.3 is 14.7 Å². The van der Waals surface area contributed by atoms with Crippen molar-refractivity contribution >= 4 is 5.91 Å². The van der Waals surface area contributed by atoms with Crippen molar-refractivity contribution in [2.45, 2.75) is 64.0 Å². The number of aliphatic hydroxyl groups is 1. The summed E-state index contributed by atoms with van der Waals surface area (Å²) < 4.78 is 5.55. The highest BCUT2D eigenvalue weighted by Gasteiger charge is 2.39. The van der Waals surface area contributed by atoms with Crippen LogP contribution in [-0.4, -0.2) is 47.8 Å². The second-order valence-electron chi connectivity index (χ2n) is 7.29. The van der Waals surface area contributed by atoms with Crippen molar-refractivity contribution in [3.05, 3.63) is 0 Å². The first-order valence-corrected chi connectivity index (χ1v) is 8.72. The smallest absolute Gasteiger partial charge is 0.226 e. The van der Waals surface area contributed by atoms with E-state index in [0.717, 1.165) is 24.7 Å². The molecule has 2 saturated carbocycles. The van der Waals surface area contributed by atoms with E-state index in [4.69, 9.17) is 4.74 Å². The molecule has 21 heavy (non-hydrogen) atoms. The molecule has 1 aliphatic heterocycles. The molecule has 0 aromatic carbocycles. The number of amides is 1.